The van der Waals surface area contributed by atoms with E-state index in [1.54, 1.807) is 24.3 Å². The number of carbonyl (C=O) groups is 2. The van der Waals surface area contributed by atoms with Crippen molar-refractivity contribution < 1.29 is 14.7 Å². The lowest BCUT2D eigenvalue weighted by Gasteiger charge is -2.10. The summed E-state index contributed by atoms with van der Waals surface area (Å²) in [7, 11) is 0. The van der Waals surface area contributed by atoms with Gasteiger partial charge in [-0.05, 0) is 30.9 Å². The van der Waals surface area contributed by atoms with Gasteiger partial charge in [0.25, 0.3) is 5.91 Å². The van der Waals surface area contributed by atoms with Crippen LogP contribution < -0.4 is 5.32 Å². The van der Waals surface area contributed by atoms with Crippen LogP contribution in [-0.2, 0) is 0 Å². The molecule has 6 heteroatoms. The number of carboxylic acid groups (broad SMARTS) is 1. The van der Waals surface area contributed by atoms with Crippen molar-refractivity contribution in [1.82, 2.24) is 0 Å². The van der Waals surface area contributed by atoms with Gasteiger partial charge in [0.15, 0.2) is 0 Å². The molecule has 1 aliphatic rings. The normalized spacial score (nSPS) is 14.8. The molecule has 1 saturated carbocycles. The van der Waals surface area contributed by atoms with E-state index in [4.69, 9.17) is 11.6 Å². The summed E-state index contributed by atoms with van der Waals surface area (Å²) in [4.78, 5) is 24.0. The molecular formula is C17H16ClNO3S. The summed E-state index contributed by atoms with van der Waals surface area (Å²) in [5.41, 5.74) is 1.32. The quantitative estimate of drug-likeness (QED) is 0.815. The summed E-state index contributed by atoms with van der Waals surface area (Å²) >= 11 is 7.44. The predicted octanol–water partition coefficient (Wildman–Crippen LogP) is 5.01. The summed E-state index contributed by atoms with van der Waals surface area (Å²) in [5, 5.41) is 12.6. The Bertz CT molecular complexity index is 736. The fraction of sp³-hybridized carbons (Fsp3) is 0.294. The van der Waals surface area contributed by atoms with Gasteiger partial charge in [-0.2, -0.15) is 0 Å². The van der Waals surface area contributed by atoms with Gasteiger partial charge < -0.3 is 10.4 Å². The summed E-state index contributed by atoms with van der Waals surface area (Å²) in [6.45, 7) is 0. The Morgan fingerprint density at radius 1 is 1.17 bits per heavy atom. The van der Waals surface area contributed by atoms with Crippen LogP contribution in [0, 0.1) is 0 Å². The lowest BCUT2D eigenvalue weighted by Crippen LogP contribution is -2.14. The number of thiophene rings is 1. The summed E-state index contributed by atoms with van der Waals surface area (Å²) in [6, 6.07) is 8.71. The molecule has 1 aromatic heterocycles. The molecule has 1 heterocycles. The molecule has 23 heavy (non-hydrogen) atoms. The molecule has 2 N–H and O–H groups in total. The topological polar surface area (TPSA) is 66.4 Å². The largest absolute Gasteiger partial charge is 0.478 e. The van der Waals surface area contributed by atoms with Crippen LogP contribution in [0.25, 0.3) is 0 Å². The SMILES string of the molecule is O=C(Nc1sc(Cl)c(C2CCCC2)c1C(=O)O)c1ccccc1. The number of anilines is 1. The molecule has 0 bridgehead atoms. The van der Waals surface area contributed by atoms with E-state index >= 15 is 0 Å². The van der Waals surface area contributed by atoms with Crippen molar-refractivity contribution >= 4 is 39.8 Å². The van der Waals surface area contributed by atoms with Crippen molar-refractivity contribution in [2.45, 2.75) is 31.6 Å². The van der Waals surface area contributed by atoms with Crippen LogP contribution in [0.3, 0.4) is 0 Å². The Hall–Kier alpha value is -1.85. The molecular weight excluding hydrogens is 334 g/mol. The van der Waals surface area contributed by atoms with E-state index in [0.29, 0.717) is 20.5 Å². The third kappa shape index (κ3) is 3.26. The third-order valence-corrected chi connectivity index (χ3v) is 5.48. The van der Waals surface area contributed by atoms with Gasteiger partial charge in [0, 0.05) is 11.1 Å². The number of benzene rings is 1. The van der Waals surface area contributed by atoms with Crippen molar-refractivity contribution in [1.29, 1.82) is 0 Å². The average molecular weight is 350 g/mol. The number of amides is 1. The molecule has 1 amide bonds. The minimum atomic E-state index is -1.04. The minimum absolute atomic E-state index is 0.149. The fourth-order valence-electron chi connectivity index (χ4n) is 3.06. The first-order valence-corrected chi connectivity index (χ1v) is 8.69. The Labute approximate surface area is 143 Å². The van der Waals surface area contributed by atoms with Crippen LogP contribution in [0.1, 0.15) is 57.9 Å². The summed E-state index contributed by atoms with van der Waals surface area (Å²) < 4.78 is 0.470. The maximum atomic E-state index is 12.3. The van der Waals surface area contributed by atoms with E-state index in [1.165, 1.54) is 0 Å². The highest BCUT2D eigenvalue weighted by atomic mass is 35.5. The molecule has 120 valence electrons. The van der Waals surface area contributed by atoms with E-state index in [9.17, 15) is 14.7 Å². The first-order valence-electron chi connectivity index (χ1n) is 7.49. The van der Waals surface area contributed by atoms with Crippen LogP contribution in [0.15, 0.2) is 30.3 Å². The Kier molecular flexibility index (Phi) is 4.68. The molecule has 0 spiro atoms. The van der Waals surface area contributed by atoms with Gasteiger partial charge in [-0.3, -0.25) is 4.79 Å². The third-order valence-electron chi connectivity index (χ3n) is 4.14. The first-order chi connectivity index (χ1) is 11.1. The number of hydrogen-bond donors (Lipinski definition) is 2. The Morgan fingerprint density at radius 3 is 2.43 bits per heavy atom. The molecule has 0 radical (unpaired) electrons. The number of carboxylic acids is 1. The molecule has 1 aliphatic carbocycles. The molecule has 0 atom stereocenters. The van der Waals surface area contributed by atoms with Crippen molar-refractivity contribution in [3.05, 3.63) is 51.4 Å². The van der Waals surface area contributed by atoms with E-state index in [2.05, 4.69) is 5.32 Å². The fourth-order valence-corrected chi connectivity index (χ4v) is 4.54. The minimum Gasteiger partial charge on any atom is -0.478 e. The second kappa shape index (κ2) is 6.72. The molecule has 0 aliphatic heterocycles. The predicted molar refractivity (Wildman–Crippen MR) is 91.9 cm³/mol. The molecule has 1 fully saturated rings. The monoisotopic (exact) mass is 349 g/mol. The van der Waals surface area contributed by atoms with Crippen molar-refractivity contribution in [2.75, 3.05) is 5.32 Å². The number of rotatable bonds is 4. The van der Waals surface area contributed by atoms with Crippen LogP contribution >= 0.6 is 22.9 Å². The molecule has 3 rings (SSSR count). The molecule has 0 unspecified atom stereocenters. The van der Waals surface area contributed by atoms with Gasteiger partial charge in [0.1, 0.15) is 5.00 Å². The van der Waals surface area contributed by atoms with Crippen LogP contribution in [0.2, 0.25) is 4.34 Å². The van der Waals surface area contributed by atoms with Gasteiger partial charge in [0.2, 0.25) is 0 Å². The average Bonchev–Trinajstić information content (AvgIpc) is 3.15. The van der Waals surface area contributed by atoms with Gasteiger partial charge in [-0.15, -0.1) is 11.3 Å². The lowest BCUT2D eigenvalue weighted by molar-refractivity contribution is 0.0697. The second-order valence-electron chi connectivity index (χ2n) is 5.60. The summed E-state index contributed by atoms with van der Waals surface area (Å²) in [6.07, 6.45) is 4.06. The molecule has 4 nitrogen and oxygen atoms in total. The lowest BCUT2D eigenvalue weighted by atomic mass is 9.96. The Morgan fingerprint density at radius 2 is 1.83 bits per heavy atom. The molecule has 0 saturated heterocycles. The number of carbonyl (C=O) groups excluding carboxylic acids is 1. The van der Waals surface area contributed by atoms with Gasteiger partial charge in [0.05, 0.1) is 9.90 Å². The van der Waals surface area contributed by atoms with Crippen LogP contribution in [-0.4, -0.2) is 17.0 Å². The number of nitrogens with one attached hydrogen (secondary N) is 1. The zero-order chi connectivity index (χ0) is 16.4. The highest BCUT2D eigenvalue weighted by molar-refractivity contribution is 7.20. The Balaban J connectivity index is 1.94. The standard InChI is InChI=1S/C17H16ClNO3S/c18-14-12(10-6-4-5-7-10)13(17(21)22)16(23-14)19-15(20)11-8-2-1-3-9-11/h1-3,8-10H,4-7H2,(H,19,20)(H,21,22). The van der Waals surface area contributed by atoms with Gasteiger partial charge in [-0.25, -0.2) is 4.79 Å². The zero-order valence-corrected chi connectivity index (χ0v) is 13.9. The highest BCUT2D eigenvalue weighted by Gasteiger charge is 2.30. The smallest absolute Gasteiger partial charge is 0.339 e. The van der Waals surface area contributed by atoms with Gasteiger partial charge >= 0.3 is 5.97 Å². The van der Waals surface area contributed by atoms with E-state index in [1.807, 2.05) is 6.07 Å². The summed E-state index contributed by atoms with van der Waals surface area (Å²) in [5.74, 6) is -1.20. The van der Waals surface area contributed by atoms with Crippen molar-refractivity contribution in [3.8, 4) is 0 Å². The van der Waals surface area contributed by atoms with Crippen molar-refractivity contribution in [2.24, 2.45) is 0 Å². The van der Waals surface area contributed by atoms with E-state index in [-0.39, 0.29) is 17.4 Å². The molecule has 1 aromatic carbocycles. The maximum Gasteiger partial charge on any atom is 0.339 e. The number of halogens is 1. The highest BCUT2D eigenvalue weighted by Crippen LogP contribution is 2.46. The maximum absolute atomic E-state index is 12.3. The van der Waals surface area contributed by atoms with E-state index < -0.39 is 5.97 Å². The molecule has 2 aromatic rings. The zero-order valence-electron chi connectivity index (χ0n) is 12.3. The van der Waals surface area contributed by atoms with E-state index in [0.717, 1.165) is 37.0 Å². The first kappa shape index (κ1) is 16.0. The second-order valence-corrected chi connectivity index (χ2v) is 7.22. The number of hydrogen-bond acceptors (Lipinski definition) is 3. The van der Waals surface area contributed by atoms with Gasteiger partial charge in [-0.1, -0.05) is 42.6 Å². The van der Waals surface area contributed by atoms with Crippen LogP contribution in [0.5, 0.6) is 0 Å². The van der Waals surface area contributed by atoms with Crippen LogP contribution in [0.4, 0.5) is 5.00 Å². The number of aromatic carboxylic acids is 1. The van der Waals surface area contributed by atoms with Crippen molar-refractivity contribution in [3.63, 3.8) is 0 Å².